The normalized spacial score (nSPS) is 14.8. The average Bonchev–Trinajstić information content (AvgIpc) is 3.38. The highest BCUT2D eigenvalue weighted by atomic mass is 32.1. The molecule has 0 bridgehead atoms. The molecule has 0 unspecified atom stereocenters. The summed E-state index contributed by atoms with van der Waals surface area (Å²) >= 11 is 1.52. The quantitative estimate of drug-likeness (QED) is 0.609. The first-order valence-corrected chi connectivity index (χ1v) is 10.5. The number of carbonyl (C=O) groups excluding carboxylic acids is 1. The predicted octanol–water partition coefficient (Wildman–Crippen LogP) is 5.32. The molecular formula is C21H23N3O3S. The van der Waals surface area contributed by atoms with Crippen molar-refractivity contribution in [3.63, 3.8) is 0 Å². The topological polar surface area (TPSA) is 77.3 Å². The zero-order valence-corrected chi connectivity index (χ0v) is 16.6. The molecule has 0 saturated heterocycles. The van der Waals surface area contributed by atoms with Crippen LogP contribution in [0, 0.1) is 12.8 Å². The van der Waals surface area contributed by atoms with Gasteiger partial charge in [0, 0.05) is 6.20 Å². The van der Waals surface area contributed by atoms with E-state index in [0.717, 1.165) is 4.88 Å². The largest absolute Gasteiger partial charge is 0.489 e. The molecular weight excluding hydrogens is 374 g/mol. The number of anilines is 1. The molecule has 0 atom stereocenters. The number of amides is 1. The van der Waals surface area contributed by atoms with E-state index in [0.29, 0.717) is 35.7 Å². The van der Waals surface area contributed by atoms with Crippen molar-refractivity contribution in [2.75, 3.05) is 11.9 Å². The maximum atomic E-state index is 12.8. The van der Waals surface area contributed by atoms with Crippen LogP contribution in [0.5, 0.6) is 5.75 Å². The Labute approximate surface area is 168 Å². The van der Waals surface area contributed by atoms with Crippen molar-refractivity contribution >= 4 is 23.1 Å². The molecule has 1 saturated carbocycles. The number of oxazole rings is 1. The second-order valence-electron chi connectivity index (χ2n) is 7.02. The van der Waals surface area contributed by atoms with Crippen LogP contribution in [0.25, 0.3) is 10.8 Å². The molecule has 1 amide bonds. The first kappa shape index (κ1) is 18.7. The lowest BCUT2D eigenvalue weighted by Crippen LogP contribution is -2.18. The molecule has 0 aromatic carbocycles. The number of hydrogen-bond donors (Lipinski definition) is 1. The molecule has 1 aliphatic carbocycles. The summed E-state index contributed by atoms with van der Waals surface area (Å²) in [6.07, 6.45) is 7.88. The number of pyridine rings is 1. The maximum Gasteiger partial charge on any atom is 0.279 e. The highest BCUT2D eigenvalue weighted by Gasteiger charge is 2.21. The molecule has 0 spiro atoms. The number of hydrogen-bond acceptors (Lipinski definition) is 6. The highest BCUT2D eigenvalue weighted by molar-refractivity contribution is 7.13. The summed E-state index contributed by atoms with van der Waals surface area (Å²) in [4.78, 5) is 22.3. The van der Waals surface area contributed by atoms with E-state index >= 15 is 0 Å². The number of carbonyl (C=O) groups is 1. The van der Waals surface area contributed by atoms with E-state index < -0.39 is 0 Å². The molecule has 6 nitrogen and oxygen atoms in total. The molecule has 3 aromatic heterocycles. The summed E-state index contributed by atoms with van der Waals surface area (Å²) in [6.45, 7) is 2.39. The molecule has 146 valence electrons. The van der Waals surface area contributed by atoms with Crippen molar-refractivity contribution in [3.05, 3.63) is 47.3 Å². The molecule has 1 N–H and O–H groups in total. The number of aryl methyl sites for hydroxylation is 1. The Kier molecular flexibility index (Phi) is 5.71. The van der Waals surface area contributed by atoms with E-state index in [-0.39, 0.29) is 11.6 Å². The summed E-state index contributed by atoms with van der Waals surface area (Å²) in [5.41, 5.74) is 0.257. The van der Waals surface area contributed by atoms with Gasteiger partial charge < -0.3 is 14.5 Å². The Bertz CT molecular complexity index is 930. The average molecular weight is 398 g/mol. The fraction of sp³-hybridized carbons (Fsp3) is 0.381. The van der Waals surface area contributed by atoms with Crippen molar-refractivity contribution < 1.29 is 13.9 Å². The molecule has 1 aliphatic rings. The van der Waals surface area contributed by atoms with Crippen LogP contribution in [0.3, 0.4) is 0 Å². The molecule has 0 aliphatic heterocycles. The van der Waals surface area contributed by atoms with Gasteiger partial charge in [-0.25, -0.2) is 9.97 Å². The summed E-state index contributed by atoms with van der Waals surface area (Å²) < 4.78 is 11.7. The zero-order chi connectivity index (χ0) is 19.3. The third-order valence-electron chi connectivity index (χ3n) is 4.95. The van der Waals surface area contributed by atoms with E-state index in [1.54, 1.807) is 13.1 Å². The van der Waals surface area contributed by atoms with Gasteiger partial charge in [0.25, 0.3) is 5.91 Å². The first-order chi connectivity index (χ1) is 13.7. The Morgan fingerprint density at radius 1 is 1.29 bits per heavy atom. The molecule has 4 rings (SSSR count). The molecule has 0 radical (unpaired) electrons. The van der Waals surface area contributed by atoms with Crippen LogP contribution in [-0.2, 0) is 0 Å². The standard InChI is InChI=1S/C21H23N3O3S/c1-14-18(23-21(27-14)17-10-6-12-28-17)20(25)24-19-16(9-5-11-22-19)26-13-15-7-3-2-4-8-15/h5-6,9-12,15H,2-4,7-8,13H2,1H3,(H,22,24,25). The molecule has 1 fully saturated rings. The van der Waals surface area contributed by atoms with E-state index in [2.05, 4.69) is 15.3 Å². The van der Waals surface area contributed by atoms with Crippen LogP contribution in [0.4, 0.5) is 5.82 Å². The maximum absolute atomic E-state index is 12.8. The Hall–Kier alpha value is -2.67. The second kappa shape index (κ2) is 8.56. The lowest BCUT2D eigenvalue weighted by molar-refractivity contribution is 0.102. The molecule has 3 aromatic rings. The summed E-state index contributed by atoms with van der Waals surface area (Å²) in [5, 5.41) is 4.76. The minimum absolute atomic E-state index is 0.257. The van der Waals surface area contributed by atoms with Crippen molar-refractivity contribution in [2.24, 2.45) is 5.92 Å². The molecule has 28 heavy (non-hydrogen) atoms. The smallest absolute Gasteiger partial charge is 0.279 e. The van der Waals surface area contributed by atoms with Crippen LogP contribution in [0.2, 0.25) is 0 Å². The van der Waals surface area contributed by atoms with Crippen molar-refractivity contribution in [2.45, 2.75) is 39.0 Å². The zero-order valence-electron chi connectivity index (χ0n) is 15.8. The Morgan fingerprint density at radius 3 is 2.93 bits per heavy atom. The monoisotopic (exact) mass is 397 g/mol. The van der Waals surface area contributed by atoms with Gasteiger partial charge in [-0.05, 0) is 49.3 Å². The van der Waals surface area contributed by atoms with Crippen molar-refractivity contribution in [1.82, 2.24) is 9.97 Å². The minimum Gasteiger partial charge on any atom is -0.489 e. The number of ether oxygens (including phenoxy) is 1. The van der Waals surface area contributed by atoms with Gasteiger partial charge in [-0.15, -0.1) is 11.3 Å². The first-order valence-electron chi connectivity index (χ1n) is 9.61. The van der Waals surface area contributed by atoms with E-state index in [1.165, 1.54) is 43.4 Å². The third-order valence-corrected chi connectivity index (χ3v) is 5.80. The van der Waals surface area contributed by atoms with Gasteiger partial charge in [0.1, 0.15) is 5.76 Å². The Morgan fingerprint density at radius 2 is 2.14 bits per heavy atom. The number of nitrogens with zero attached hydrogens (tertiary/aromatic N) is 2. The predicted molar refractivity (Wildman–Crippen MR) is 109 cm³/mol. The van der Waals surface area contributed by atoms with Gasteiger partial charge in [-0.1, -0.05) is 25.3 Å². The lowest BCUT2D eigenvalue weighted by Gasteiger charge is -2.22. The van der Waals surface area contributed by atoms with E-state index in [4.69, 9.17) is 9.15 Å². The number of rotatable bonds is 6. The summed E-state index contributed by atoms with van der Waals surface area (Å²) in [7, 11) is 0. The second-order valence-corrected chi connectivity index (χ2v) is 7.97. The van der Waals surface area contributed by atoms with Gasteiger partial charge in [0.05, 0.1) is 11.5 Å². The van der Waals surface area contributed by atoms with Gasteiger partial charge in [0.15, 0.2) is 17.3 Å². The fourth-order valence-corrected chi connectivity index (χ4v) is 4.09. The van der Waals surface area contributed by atoms with Crippen LogP contribution >= 0.6 is 11.3 Å². The molecule has 7 heteroatoms. The van der Waals surface area contributed by atoms with Crippen LogP contribution < -0.4 is 10.1 Å². The van der Waals surface area contributed by atoms with Crippen molar-refractivity contribution in [3.8, 4) is 16.5 Å². The van der Waals surface area contributed by atoms with Crippen molar-refractivity contribution in [1.29, 1.82) is 0 Å². The lowest BCUT2D eigenvalue weighted by atomic mass is 9.90. The van der Waals surface area contributed by atoms with Gasteiger partial charge in [-0.3, -0.25) is 4.79 Å². The minimum atomic E-state index is -0.356. The summed E-state index contributed by atoms with van der Waals surface area (Å²) in [6, 6.07) is 7.47. The Balaban J connectivity index is 1.46. The van der Waals surface area contributed by atoms with Gasteiger partial charge in [-0.2, -0.15) is 0 Å². The number of aromatic nitrogens is 2. The van der Waals surface area contributed by atoms with Crippen LogP contribution in [0.15, 0.2) is 40.3 Å². The fourth-order valence-electron chi connectivity index (χ4n) is 3.44. The van der Waals surface area contributed by atoms with Gasteiger partial charge >= 0.3 is 0 Å². The van der Waals surface area contributed by atoms with Crippen LogP contribution in [0.1, 0.15) is 48.4 Å². The number of nitrogens with one attached hydrogen (secondary N) is 1. The SMILES string of the molecule is Cc1oc(-c2cccs2)nc1C(=O)Nc1ncccc1OCC1CCCCC1. The third kappa shape index (κ3) is 4.25. The highest BCUT2D eigenvalue weighted by Crippen LogP contribution is 2.29. The van der Waals surface area contributed by atoms with E-state index in [9.17, 15) is 4.79 Å². The van der Waals surface area contributed by atoms with E-state index in [1.807, 2.05) is 29.6 Å². The summed E-state index contributed by atoms with van der Waals surface area (Å²) in [5.74, 6) is 2.13. The van der Waals surface area contributed by atoms with Crippen LogP contribution in [-0.4, -0.2) is 22.5 Å². The van der Waals surface area contributed by atoms with Gasteiger partial charge in [0.2, 0.25) is 5.89 Å². The number of thiophene rings is 1. The molecule has 3 heterocycles.